The predicted octanol–water partition coefficient (Wildman–Crippen LogP) is 13.0. The van der Waals surface area contributed by atoms with Crippen LogP contribution in [0.3, 0.4) is 0 Å². The van der Waals surface area contributed by atoms with Crippen LogP contribution in [0.4, 0.5) is 0 Å². The van der Waals surface area contributed by atoms with Crippen molar-refractivity contribution in [3.8, 4) is 0 Å². The lowest BCUT2D eigenvalue weighted by molar-refractivity contribution is -0.870. The molecule has 0 amide bonds. The number of likely N-dealkylation sites (N-methyl/N-ethyl adjacent to an activating group) is 1. The van der Waals surface area contributed by atoms with E-state index >= 15 is 0 Å². The molecule has 0 aliphatic rings. The molecule has 9 nitrogen and oxygen atoms in total. The van der Waals surface area contributed by atoms with E-state index in [1.807, 2.05) is 21.1 Å². The lowest BCUT2D eigenvalue weighted by Gasteiger charge is -2.24. The average Bonchev–Trinajstić information content (AvgIpc) is 3.17. The lowest BCUT2D eigenvalue weighted by atomic mass is 10.1. The van der Waals surface area contributed by atoms with Crippen LogP contribution in [0.25, 0.3) is 0 Å². The van der Waals surface area contributed by atoms with Crippen LogP contribution in [0, 0.1) is 0 Å². The first kappa shape index (κ1) is 55.5. The number of ether oxygens (including phenoxy) is 2. The molecule has 58 heavy (non-hydrogen) atoms. The number of carbonyl (C=O) groups excluding carboxylic acids is 2. The summed E-state index contributed by atoms with van der Waals surface area (Å²) in [6.45, 7) is 4.29. The van der Waals surface area contributed by atoms with Crippen molar-refractivity contribution in [2.45, 2.75) is 174 Å². The normalized spacial score (nSPS) is 14.2. The minimum absolute atomic E-state index is 0.0168. The Hall–Kier alpha value is -2.55. The molecule has 0 heterocycles. The third-order valence-corrected chi connectivity index (χ3v) is 10.2. The van der Waals surface area contributed by atoms with E-state index in [1.165, 1.54) is 64.2 Å². The highest BCUT2D eigenvalue weighted by molar-refractivity contribution is 7.47. The van der Waals surface area contributed by atoms with Gasteiger partial charge in [0.25, 0.3) is 0 Å². The summed E-state index contributed by atoms with van der Waals surface area (Å²) in [7, 11) is 1.43. The van der Waals surface area contributed by atoms with E-state index < -0.39 is 32.5 Å². The van der Waals surface area contributed by atoms with Crippen molar-refractivity contribution in [1.82, 2.24) is 0 Å². The Kier molecular flexibility index (Phi) is 38.1. The maximum absolute atomic E-state index is 12.7. The molecule has 0 aliphatic carbocycles. The number of allylic oxidation sites excluding steroid dienone is 12. The summed E-state index contributed by atoms with van der Waals surface area (Å²) in [5.74, 6) is -0.879. The summed E-state index contributed by atoms with van der Waals surface area (Å²) in [5, 5.41) is 0. The van der Waals surface area contributed by atoms with E-state index in [0.717, 1.165) is 64.2 Å². The smallest absolute Gasteiger partial charge is 0.462 e. The molecule has 0 rings (SSSR count). The molecule has 0 spiro atoms. The van der Waals surface area contributed by atoms with Gasteiger partial charge < -0.3 is 18.9 Å². The topological polar surface area (TPSA) is 108 Å². The summed E-state index contributed by atoms with van der Waals surface area (Å²) in [4.78, 5) is 35.4. The fourth-order valence-electron chi connectivity index (χ4n) is 5.61. The van der Waals surface area contributed by atoms with Crippen molar-refractivity contribution in [1.29, 1.82) is 0 Å². The first-order valence-electron chi connectivity index (χ1n) is 22.7. The number of hydrogen-bond donors (Lipinski definition) is 1. The molecule has 2 atom stereocenters. The van der Waals surface area contributed by atoms with Gasteiger partial charge in [0.05, 0.1) is 27.7 Å². The van der Waals surface area contributed by atoms with Gasteiger partial charge in [-0.2, -0.15) is 0 Å². The van der Waals surface area contributed by atoms with Gasteiger partial charge in [-0.1, -0.05) is 138 Å². The molecular formula is C48H85NO8P+. The number of rotatable bonds is 40. The van der Waals surface area contributed by atoms with Crippen molar-refractivity contribution >= 4 is 19.8 Å². The van der Waals surface area contributed by atoms with E-state index in [9.17, 15) is 19.0 Å². The number of phosphoric ester groups is 1. The average molecular weight is 835 g/mol. The number of hydrogen-bond acceptors (Lipinski definition) is 7. The van der Waals surface area contributed by atoms with Gasteiger partial charge in [-0.15, -0.1) is 0 Å². The highest BCUT2D eigenvalue weighted by Crippen LogP contribution is 2.43. The summed E-state index contributed by atoms with van der Waals surface area (Å²) in [6, 6.07) is 0. The van der Waals surface area contributed by atoms with Gasteiger partial charge in [0.15, 0.2) is 6.10 Å². The fraction of sp³-hybridized carbons (Fsp3) is 0.708. The van der Waals surface area contributed by atoms with E-state index in [4.69, 9.17) is 18.5 Å². The van der Waals surface area contributed by atoms with Gasteiger partial charge in [-0.05, 0) is 89.9 Å². The molecule has 0 radical (unpaired) electrons. The minimum Gasteiger partial charge on any atom is -0.462 e. The molecule has 0 saturated heterocycles. The Bertz CT molecular complexity index is 1220. The van der Waals surface area contributed by atoms with E-state index in [1.54, 1.807) is 0 Å². The number of quaternary nitrogens is 1. The quantitative estimate of drug-likeness (QED) is 0.0214. The van der Waals surface area contributed by atoms with Crippen LogP contribution in [-0.2, 0) is 32.7 Å². The summed E-state index contributed by atoms with van der Waals surface area (Å²) >= 11 is 0. The Morgan fingerprint density at radius 1 is 0.534 bits per heavy atom. The van der Waals surface area contributed by atoms with Gasteiger partial charge >= 0.3 is 19.8 Å². The molecule has 0 aliphatic heterocycles. The minimum atomic E-state index is -4.40. The Morgan fingerprint density at radius 3 is 1.45 bits per heavy atom. The number of carbonyl (C=O) groups is 2. The Morgan fingerprint density at radius 2 is 0.931 bits per heavy atom. The largest absolute Gasteiger partial charge is 0.472 e. The molecule has 0 bridgehead atoms. The van der Waals surface area contributed by atoms with Crippen LogP contribution in [0.1, 0.15) is 168 Å². The van der Waals surface area contributed by atoms with Crippen molar-refractivity contribution in [3.05, 3.63) is 72.9 Å². The highest BCUT2D eigenvalue weighted by atomic mass is 31.2. The second-order valence-corrected chi connectivity index (χ2v) is 17.5. The van der Waals surface area contributed by atoms with Gasteiger partial charge in [0, 0.05) is 12.8 Å². The van der Waals surface area contributed by atoms with E-state index in [0.29, 0.717) is 23.9 Å². The van der Waals surface area contributed by atoms with Crippen LogP contribution < -0.4 is 0 Å². The maximum atomic E-state index is 12.7. The van der Waals surface area contributed by atoms with Gasteiger partial charge in [-0.25, -0.2) is 4.57 Å². The zero-order valence-corrected chi connectivity index (χ0v) is 38.4. The third-order valence-electron chi connectivity index (χ3n) is 9.21. The summed E-state index contributed by atoms with van der Waals surface area (Å²) in [6.07, 6.45) is 49.5. The number of phosphoric acid groups is 1. The lowest BCUT2D eigenvalue weighted by Crippen LogP contribution is -2.37. The van der Waals surface area contributed by atoms with Crippen molar-refractivity contribution in [2.24, 2.45) is 0 Å². The molecule has 0 aromatic heterocycles. The van der Waals surface area contributed by atoms with Crippen molar-refractivity contribution < 1.29 is 42.1 Å². The molecule has 0 saturated carbocycles. The Labute approximate surface area is 355 Å². The standard InChI is InChI=1S/C48H84NO8P/c1-6-8-10-12-14-16-18-20-22-23-24-25-27-29-31-33-35-37-39-41-48(51)57-46(45-56-58(52,53)55-43-42-49(3,4)5)44-54-47(50)40-38-36-34-32-30-28-26-21-19-17-15-13-11-9-7-2/h14,16,20-22,24-26,29-32,46H,6-13,15,17-19,23,27-28,33-45H2,1-5H3/p+1/b16-14+,22-20+,25-24+,26-21+,31-29+,32-30+/t46-/m1/s1. The first-order valence-corrected chi connectivity index (χ1v) is 24.2. The van der Waals surface area contributed by atoms with E-state index in [-0.39, 0.29) is 26.1 Å². The molecule has 1 N–H and O–H groups in total. The number of esters is 2. The Balaban J connectivity index is 4.48. The van der Waals surface area contributed by atoms with Gasteiger partial charge in [0.2, 0.25) is 0 Å². The molecule has 1 unspecified atom stereocenters. The van der Waals surface area contributed by atoms with Crippen LogP contribution in [0.2, 0.25) is 0 Å². The number of nitrogens with zero attached hydrogens (tertiary/aromatic N) is 1. The number of unbranched alkanes of at least 4 members (excludes halogenated alkanes) is 14. The fourth-order valence-corrected chi connectivity index (χ4v) is 6.36. The maximum Gasteiger partial charge on any atom is 0.472 e. The zero-order valence-electron chi connectivity index (χ0n) is 37.5. The van der Waals surface area contributed by atoms with Gasteiger partial charge in [0.1, 0.15) is 19.8 Å². The second-order valence-electron chi connectivity index (χ2n) is 16.1. The van der Waals surface area contributed by atoms with Crippen molar-refractivity contribution in [2.75, 3.05) is 47.5 Å². The third kappa shape index (κ3) is 43.0. The van der Waals surface area contributed by atoms with Crippen molar-refractivity contribution in [3.63, 3.8) is 0 Å². The second kappa shape index (κ2) is 39.9. The monoisotopic (exact) mass is 835 g/mol. The molecule has 10 heteroatoms. The van der Waals surface area contributed by atoms with Gasteiger partial charge in [-0.3, -0.25) is 18.6 Å². The van der Waals surface area contributed by atoms with Crippen LogP contribution >= 0.6 is 7.82 Å². The molecular weight excluding hydrogens is 750 g/mol. The molecule has 334 valence electrons. The van der Waals surface area contributed by atoms with E-state index in [2.05, 4.69) is 86.8 Å². The molecule has 0 aromatic carbocycles. The summed E-state index contributed by atoms with van der Waals surface area (Å²) in [5.41, 5.74) is 0. The molecule has 0 fully saturated rings. The first-order chi connectivity index (χ1) is 28.0. The van der Waals surface area contributed by atoms with Crippen LogP contribution in [-0.4, -0.2) is 74.9 Å². The highest BCUT2D eigenvalue weighted by Gasteiger charge is 2.27. The summed E-state index contributed by atoms with van der Waals surface area (Å²) < 4.78 is 34.2. The van der Waals surface area contributed by atoms with Crippen LogP contribution in [0.5, 0.6) is 0 Å². The predicted molar refractivity (Wildman–Crippen MR) is 242 cm³/mol. The van der Waals surface area contributed by atoms with Crippen LogP contribution in [0.15, 0.2) is 72.9 Å². The zero-order chi connectivity index (χ0) is 42.8. The molecule has 0 aromatic rings. The SMILES string of the molecule is CCCCC/C=C/C/C=C/C/C=C/C/C=C/CCCCCC(=O)O[C@H](COC(=O)CCCC/C=C/C/C=C/CCCCCCCC)COP(=O)(O)OCC[N+](C)(C)C.